The van der Waals surface area contributed by atoms with Crippen molar-refractivity contribution < 1.29 is 13.9 Å². The maximum absolute atomic E-state index is 5.84. The predicted octanol–water partition coefficient (Wildman–Crippen LogP) is 4.36. The van der Waals surface area contributed by atoms with Crippen LogP contribution in [0, 0.1) is 13.8 Å². The molecule has 0 bridgehead atoms. The normalized spacial score (nSPS) is 10.9. The molecule has 0 radical (unpaired) electrons. The minimum absolute atomic E-state index is 0. The van der Waals surface area contributed by atoms with Crippen LogP contribution in [0.2, 0.25) is 0 Å². The Morgan fingerprint density at radius 1 is 1.06 bits per heavy atom. The number of hydrogen-bond donors (Lipinski definition) is 2. The third-order valence-corrected chi connectivity index (χ3v) is 4.32. The van der Waals surface area contributed by atoms with Crippen molar-refractivity contribution in [3.8, 4) is 17.4 Å². The highest BCUT2D eigenvalue weighted by atomic mass is 127. The van der Waals surface area contributed by atoms with E-state index in [9.17, 15) is 0 Å². The van der Waals surface area contributed by atoms with E-state index in [-0.39, 0.29) is 24.0 Å². The molecule has 0 atom stereocenters. The summed E-state index contributed by atoms with van der Waals surface area (Å²) in [7, 11) is 1.72. The van der Waals surface area contributed by atoms with E-state index >= 15 is 0 Å². The van der Waals surface area contributed by atoms with E-state index in [1.165, 1.54) is 0 Å². The second kappa shape index (κ2) is 12.1. The first kappa shape index (κ1) is 24.4. The van der Waals surface area contributed by atoms with Crippen molar-refractivity contribution in [2.24, 2.45) is 4.99 Å². The average molecular weight is 537 g/mol. The summed E-state index contributed by atoms with van der Waals surface area (Å²) in [6.45, 7) is 7.42. The van der Waals surface area contributed by atoms with Crippen molar-refractivity contribution in [3.63, 3.8) is 0 Å². The van der Waals surface area contributed by atoms with E-state index in [4.69, 9.17) is 13.9 Å². The van der Waals surface area contributed by atoms with Gasteiger partial charge in [-0.15, -0.1) is 24.0 Å². The number of halogens is 1. The Kier molecular flexibility index (Phi) is 9.57. The standard InChI is InChI=1S/C22H27N5O3.HI/c1-5-28-18-6-8-19(9-7-18)30-20-12-17(10-11-24-20)13-25-22(23-4)26-14-21-27-15(2)16(3)29-21;/h6-12H,5,13-14H2,1-4H3,(H2,23,25,26);1H. The van der Waals surface area contributed by atoms with Crippen LogP contribution in [0.25, 0.3) is 0 Å². The molecule has 0 unspecified atom stereocenters. The first-order valence-electron chi connectivity index (χ1n) is 9.80. The molecule has 166 valence electrons. The highest BCUT2D eigenvalue weighted by molar-refractivity contribution is 14.0. The van der Waals surface area contributed by atoms with Crippen LogP contribution < -0.4 is 20.1 Å². The van der Waals surface area contributed by atoms with Gasteiger partial charge >= 0.3 is 0 Å². The molecule has 9 heteroatoms. The van der Waals surface area contributed by atoms with Crippen LogP contribution in [-0.4, -0.2) is 29.6 Å². The highest BCUT2D eigenvalue weighted by Crippen LogP contribution is 2.23. The Labute approximate surface area is 199 Å². The number of nitrogens with one attached hydrogen (secondary N) is 2. The minimum Gasteiger partial charge on any atom is -0.494 e. The summed E-state index contributed by atoms with van der Waals surface area (Å²) in [5, 5.41) is 6.45. The molecule has 0 spiro atoms. The molecule has 2 N–H and O–H groups in total. The van der Waals surface area contributed by atoms with Crippen molar-refractivity contribution in [3.05, 3.63) is 65.5 Å². The van der Waals surface area contributed by atoms with E-state index in [1.807, 2.05) is 57.2 Å². The first-order chi connectivity index (χ1) is 14.6. The fourth-order valence-corrected chi connectivity index (χ4v) is 2.69. The average Bonchev–Trinajstić information content (AvgIpc) is 3.07. The molecule has 2 aromatic heterocycles. The molecule has 0 aliphatic heterocycles. The molecule has 3 rings (SSSR count). The number of aromatic nitrogens is 2. The summed E-state index contributed by atoms with van der Waals surface area (Å²) in [5.41, 5.74) is 1.91. The van der Waals surface area contributed by atoms with Crippen molar-refractivity contribution >= 4 is 29.9 Å². The minimum atomic E-state index is 0. The second-order valence-electron chi connectivity index (χ2n) is 6.54. The summed E-state index contributed by atoms with van der Waals surface area (Å²) >= 11 is 0. The van der Waals surface area contributed by atoms with Crippen LogP contribution in [0.1, 0.15) is 29.8 Å². The van der Waals surface area contributed by atoms with Gasteiger partial charge in [-0.25, -0.2) is 9.97 Å². The maximum atomic E-state index is 5.84. The number of rotatable bonds is 8. The molecule has 0 saturated heterocycles. The molecule has 2 heterocycles. The number of benzene rings is 1. The van der Waals surface area contributed by atoms with Gasteiger partial charge in [-0.3, -0.25) is 4.99 Å². The number of hydrogen-bond acceptors (Lipinski definition) is 6. The maximum Gasteiger partial charge on any atom is 0.219 e. The molecule has 31 heavy (non-hydrogen) atoms. The molecule has 0 aliphatic carbocycles. The van der Waals surface area contributed by atoms with Gasteiger partial charge in [0.25, 0.3) is 0 Å². The number of ether oxygens (including phenoxy) is 2. The second-order valence-corrected chi connectivity index (χ2v) is 6.54. The van der Waals surface area contributed by atoms with Crippen LogP contribution in [-0.2, 0) is 13.1 Å². The third kappa shape index (κ3) is 7.42. The summed E-state index contributed by atoms with van der Waals surface area (Å²) in [5.74, 6) is 4.13. The Bertz CT molecular complexity index is 970. The first-order valence-corrected chi connectivity index (χ1v) is 9.80. The SMILES string of the molecule is CCOc1ccc(Oc2cc(CNC(=NC)NCc3nc(C)c(C)o3)ccn2)cc1.I. The van der Waals surface area contributed by atoms with Crippen LogP contribution in [0.4, 0.5) is 0 Å². The Hall–Kier alpha value is -2.82. The van der Waals surface area contributed by atoms with E-state index in [1.54, 1.807) is 13.2 Å². The summed E-state index contributed by atoms with van der Waals surface area (Å²) < 4.78 is 16.9. The number of oxazole rings is 1. The van der Waals surface area contributed by atoms with Crippen molar-refractivity contribution in [2.45, 2.75) is 33.9 Å². The van der Waals surface area contributed by atoms with Gasteiger partial charge in [-0.1, -0.05) is 0 Å². The fourth-order valence-electron chi connectivity index (χ4n) is 2.69. The molecule has 0 saturated carbocycles. The van der Waals surface area contributed by atoms with Gasteiger partial charge in [-0.2, -0.15) is 0 Å². The lowest BCUT2D eigenvalue weighted by molar-refractivity contribution is 0.339. The van der Waals surface area contributed by atoms with Crippen LogP contribution in [0.15, 0.2) is 52.0 Å². The number of nitrogens with zero attached hydrogens (tertiary/aromatic N) is 3. The molecule has 8 nitrogen and oxygen atoms in total. The fraction of sp³-hybridized carbons (Fsp3) is 0.318. The van der Waals surface area contributed by atoms with Crippen molar-refractivity contribution in [2.75, 3.05) is 13.7 Å². The van der Waals surface area contributed by atoms with Crippen LogP contribution in [0.3, 0.4) is 0 Å². The van der Waals surface area contributed by atoms with Crippen molar-refractivity contribution in [1.29, 1.82) is 0 Å². The Morgan fingerprint density at radius 2 is 1.77 bits per heavy atom. The van der Waals surface area contributed by atoms with Gasteiger partial charge in [-0.05, 0) is 56.7 Å². The molecule has 3 aromatic rings. The lowest BCUT2D eigenvalue weighted by Gasteiger charge is -2.11. The quantitative estimate of drug-likeness (QED) is 0.251. The topological polar surface area (TPSA) is 93.8 Å². The summed E-state index contributed by atoms with van der Waals surface area (Å²) in [4.78, 5) is 12.9. The molecule has 0 aliphatic rings. The highest BCUT2D eigenvalue weighted by Gasteiger charge is 2.07. The predicted molar refractivity (Wildman–Crippen MR) is 130 cm³/mol. The van der Waals surface area contributed by atoms with Gasteiger partial charge < -0.3 is 24.5 Å². The lowest BCUT2D eigenvalue weighted by atomic mass is 10.2. The molecular weight excluding hydrogens is 509 g/mol. The zero-order valence-electron chi connectivity index (χ0n) is 18.1. The van der Waals surface area contributed by atoms with Gasteiger partial charge in [0.2, 0.25) is 11.8 Å². The van der Waals surface area contributed by atoms with Gasteiger partial charge in [0.05, 0.1) is 18.8 Å². The molecule has 0 amide bonds. The number of aliphatic imine (C=N–C) groups is 1. The third-order valence-electron chi connectivity index (χ3n) is 4.32. The van der Waals surface area contributed by atoms with Crippen molar-refractivity contribution in [1.82, 2.24) is 20.6 Å². The molecule has 0 fully saturated rings. The Balaban J connectivity index is 0.00000341. The number of guanidine groups is 1. The monoisotopic (exact) mass is 537 g/mol. The zero-order valence-corrected chi connectivity index (χ0v) is 20.5. The van der Waals surface area contributed by atoms with Crippen LogP contribution >= 0.6 is 24.0 Å². The smallest absolute Gasteiger partial charge is 0.219 e. The Morgan fingerprint density at radius 3 is 2.42 bits per heavy atom. The van der Waals surface area contributed by atoms with Gasteiger partial charge in [0.15, 0.2) is 5.96 Å². The molecule has 1 aromatic carbocycles. The largest absolute Gasteiger partial charge is 0.494 e. The van der Waals surface area contributed by atoms with Gasteiger partial charge in [0.1, 0.15) is 17.3 Å². The van der Waals surface area contributed by atoms with E-state index in [2.05, 4.69) is 25.6 Å². The lowest BCUT2D eigenvalue weighted by Crippen LogP contribution is -2.36. The molecular formula is C22H28IN5O3. The number of aryl methyl sites for hydroxylation is 2. The van der Waals surface area contributed by atoms with E-state index in [0.29, 0.717) is 43.2 Å². The summed E-state index contributed by atoms with van der Waals surface area (Å²) in [6.07, 6.45) is 1.72. The van der Waals surface area contributed by atoms with E-state index in [0.717, 1.165) is 22.8 Å². The summed E-state index contributed by atoms with van der Waals surface area (Å²) in [6, 6.07) is 11.3. The van der Waals surface area contributed by atoms with E-state index < -0.39 is 0 Å². The van der Waals surface area contributed by atoms with Crippen LogP contribution in [0.5, 0.6) is 17.4 Å². The zero-order chi connectivity index (χ0) is 21.3. The number of pyridine rings is 1. The van der Waals surface area contributed by atoms with Gasteiger partial charge in [0, 0.05) is 25.9 Å².